The van der Waals surface area contributed by atoms with E-state index in [4.69, 9.17) is 5.84 Å². The first-order valence-corrected chi connectivity index (χ1v) is 6.00. The third-order valence-corrected chi connectivity index (χ3v) is 3.24. The Morgan fingerprint density at radius 1 is 1.33 bits per heavy atom. The number of guanidine groups is 1. The number of nitrogens with zero attached hydrogens (tertiary/aromatic N) is 1. The molecular weight excluding hydrogens is 188 g/mol. The van der Waals surface area contributed by atoms with Gasteiger partial charge in [0, 0.05) is 13.1 Å². The van der Waals surface area contributed by atoms with E-state index in [0.717, 1.165) is 5.92 Å². The van der Waals surface area contributed by atoms with E-state index >= 15 is 0 Å². The summed E-state index contributed by atoms with van der Waals surface area (Å²) in [7, 11) is 1.74. The van der Waals surface area contributed by atoms with Crippen molar-refractivity contribution in [2.75, 3.05) is 7.05 Å². The fourth-order valence-corrected chi connectivity index (χ4v) is 2.37. The van der Waals surface area contributed by atoms with E-state index in [1.165, 1.54) is 38.5 Å². The van der Waals surface area contributed by atoms with Crippen LogP contribution in [0.3, 0.4) is 0 Å². The highest BCUT2D eigenvalue weighted by atomic mass is 15.3. The van der Waals surface area contributed by atoms with Gasteiger partial charge in [-0.15, -0.1) is 0 Å². The van der Waals surface area contributed by atoms with Crippen molar-refractivity contribution in [3.63, 3.8) is 0 Å². The predicted molar refractivity (Wildman–Crippen MR) is 64.5 cm³/mol. The van der Waals surface area contributed by atoms with E-state index in [1.54, 1.807) is 7.05 Å². The Hall–Kier alpha value is -0.770. The van der Waals surface area contributed by atoms with Crippen LogP contribution in [0.15, 0.2) is 4.99 Å². The van der Waals surface area contributed by atoms with Crippen LogP contribution in [0.5, 0.6) is 0 Å². The Labute approximate surface area is 92.7 Å². The monoisotopic (exact) mass is 212 g/mol. The van der Waals surface area contributed by atoms with Crippen LogP contribution < -0.4 is 16.6 Å². The largest absolute Gasteiger partial charge is 0.353 e. The van der Waals surface area contributed by atoms with Gasteiger partial charge in [0.1, 0.15) is 0 Å². The summed E-state index contributed by atoms with van der Waals surface area (Å²) in [5.74, 6) is 6.98. The highest BCUT2D eigenvalue weighted by Gasteiger charge is 2.20. The predicted octanol–water partition coefficient (Wildman–Crippen LogP) is 1.38. The van der Waals surface area contributed by atoms with Crippen LogP contribution >= 0.6 is 0 Å². The molecule has 0 unspecified atom stereocenters. The van der Waals surface area contributed by atoms with Gasteiger partial charge < -0.3 is 5.32 Å². The van der Waals surface area contributed by atoms with Gasteiger partial charge in [0.2, 0.25) is 5.96 Å². The van der Waals surface area contributed by atoms with Gasteiger partial charge in [-0.25, -0.2) is 5.84 Å². The Kier molecular flexibility index (Phi) is 5.47. The number of aliphatic imine (C=N–C) groups is 1. The second-order valence-electron chi connectivity index (χ2n) is 4.37. The van der Waals surface area contributed by atoms with Gasteiger partial charge in [0.15, 0.2) is 0 Å². The lowest BCUT2D eigenvalue weighted by Gasteiger charge is -2.29. The maximum Gasteiger partial charge on any atom is 0.205 e. The van der Waals surface area contributed by atoms with Gasteiger partial charge >= 0.3 is 0 Å². The minimum absolute atomic E-state index is 0.549. The van der Waals surface area contributed by atoms with E-state index in [1.807, 2.05) is 0 Å². The van der Waals surface area contributed by atoms with E-state index < -0.39 is 0 Å². The lowest BCUT2D eigenvalue weighted by atomic mass is 9.83. The van der Waals surface area contributed by atoms with Crippen molar-refractivity contribution in [1.82, 2.24) is 10.7 Å². The molecule has 0 aromatic carbocycles. The average molecular weight is 212 g/mol. The molecule has 4 heteroatoms. The third kappa shape index (κ3) is 4.08. The Morgan fingerprint density at radius 3 is 2.47 bits per heavy atom. The van der Waals surface area contributed by atoms with Crippen molar-refractivity contribution in [2.24, 2.45) is 16.8 Å². The van der Waals surface area contributed by atoms with E-state index in [2.05, 4.69) is 22.7 Å². The van der Waals surface area contributed by atoms with Crippen LogP contribution in [0.4, 0.5) is 0 Å². The van der Waals surface area contributed by atoms with Crippen molar-refractivity contribution in [2.45, 2.75) is 51.5 Å². The van der Waals surface area contributed by atoms with Crippen LogP contribution in [0.25, 0.3) is 0 Å². The highest BCUT2D eigenvalue weighted by molar-refractivity contribution is 5.79. The zero-order valence-electron chi connectivity index (χ0n) is 9.92. The maximum atomic E-state index is 5.33. The van der Waals surface area contributed by atoms with Crippen molar-refractivity contribution in [3.05, 3.63) is 0 Å². The standard InChI is InChI=1S/C11H24N4/c1-3-4-9-5-7-10(8-6-9)14-11(13-2)15-12/h9-10H,3-8,12H2,1-2H3,(H2,13,14,15). The average Bonchev–Trinajstić information content (AvgIpc) is 2.28. The first kappa shape index (κ1) is 12.3. The van der Waals surface area contributed by atoms with Gasteiger partial charge in [-0.1, -0.05) is 19.8 Å². The molecule has 0 saturated heterocycles. The normalized spacial score (nSPS) is 27.5. The molecule has 1 rings (SSSR count). The topological polar surface area (TPSA) is 62.4 Å². The lowest BCUT2D eigenvalue weighted by Crippen LogP contribution is -2.47. The quantitative estimate of drug-likeness (QED) is 0.287. The summed E-state index contributed by atoms with van der Waals surface area (Å²) in [6.45, 7) is 2.27. The summed E-state index contributed by atoms with van der Waals surface area (Å²) < 4.78 is 0. The smallest absolute Gasteiger partial charge is 0.205 e. The fourth-order valence-electron chi connectivity index (χ4n) is 2.37. The second-order valence-corrected chi connectivity index (χ2v) is 4.37. The molecule has 0 radical (unpaired) electrons. The van der Waals surface area contributed by atoms with E-state index in [0.29, 0.717) is 12.0 Å². The summed E-state index contributed by atoms with van der Waals surface area (Å²) in [5, 5.41) is 3.33. The van der Waals surface area contributed by atoms with Gasteiger partial charge in [0.05, 0.1) is 0 Å². The van der Waals surface area contributed by atoms with Crippen molar-refractivity contribution < 1.29 is 0 Å². The van der Waals surface area contributed by atoms with Gasteiger partial charge in [0.25, 0.3) is 0 Å². The second kappa shape index (κ2) is 6.67. The molecule has 0 atom stereocenters. The first-order valence-electron chi connectivity index (χ1n) is 6.00. The summed E-state index contributed by atoms with van der Waals surface area (Å²) in [5.41, 5.74) is 2.57. The van der Waals surface area contributed by atoms with E-state index in [-0.39, 0.29) is 0 Å². The number of hydrazine groups is 1. The van der Waals surface area contributed by atoms with Crippen LogP contribution in [-0.4, -0.2) is 19.0 Å². The number of nitrogens with one attached hydrogen (secondary N) is 2. The molecule has 0 aromatic heterocycles. The molecule has 1 aliphatic carbocycles. The van der Waals surface area contributed by atoms with E-state index in [9.17, 15) is 0 Å². The maximum absolute atomic E-state index is 5.33. The number of nitrogens with two attached hydrogens (primary N) is 1. The summed E-state index contributed by atoms with van der Waals surface area (Å²) in [6, 6.07) is 0.549. The molecule has 0 heterocycles. The first-order chi connectivity index (χ1) is 7.30. The molecule has 0 bridgehead atoms. The molecule has 4 nitrogen and oxygen atoms in total. The van der Waals surface area contributed by atoms with Crippen LogP contribution in [-0.2, 0) is 0 Å². The summed E-state index contributed by atoms with van der Waals surface area (Å²) in [4.78, 5) is 4.03. The Bertz CT molecular complexity index is 195. The van der Waals surface area contributed by atoms with Crippen molar-refractivity contribution in [1.29, 1.82) is 0 Å². The lowest BCUT2D eigenvalue weighted by molar-refractivity contribution is 0.295. The minimum Gasteiger partial charge on any atom is -0.353 e. The molecule has 0 amide bonds. The van der Waals surface area contributed by atoms with Gasteiger partial charge in [-0.2, -0.15) is 0 Å². The Morgan fingerprint density at radius 2 is 2.00 bits per heavy atom. The molecule has 1 saturated carbocycles. The zero-order chi connectivity index (χ0) is 11.1. The summed E-state index contributed by atoms with van der Waals surface area (Å²) in [6.07, 6.45) is 7.86. The van der Waals surface area contributed by atoms with Crippen molar-refractivity contribution in [3.8, 4) is 0 Å². The minimum atomic E-state index is 0.549. The van der Waals surface area contributed by atoms with Gasteiger partial charge in [-0.05, 0) is 31.6 Å². The number of rotatable bonds is 3. The number of hydrogen-bond donors (Lipinski definition) is 3. The molecule has 0 aromatic rings. The number of hydrogen-bond acceptors (Lipinski definition) is 2. The molecule has 88 valence electrons. The molecular formula is C11H24N4. The molecule has 1 fully saturated rings. The van der Waals surface area contributed by atoms with Crippen LogP contribution in [0.2, 0.25) is 0 Å². The zero-order valence-corrected chi connectivity index (χ0v) is 9.92. The van der Waals surface area contributed by atoms with Gasteiger partial charge in [-0.3, -0.25) is 10.4 Å². The fraction of sp³-hybridized carbons (Fsp3) is 0.909. The SMILES string of the molecule is CCCC1CCC(NC(=NC)NN)CC1. The van der Waals surface area contributed by atoms with Crippen LogP contribution in [0, 0.1) is 5.92 Å². The van der Waals surface area contributed by atoms with Crippen LogP contribution in [0.1, 0.15) is 45.4 Å². The third-order valence-electron chi connectivity index (χ3n) is 3.24. The summed E-state index contributed by atoms with van der Waals surface area (Å²) >= 11 is 0. The molecule has 0 aliphatic heterocycles. The molecule has 0 spiro atoms. The molecule has 15 heavy (non-hydrogen) atoms. The van der Waals surface area contributed by atoms with Crippen molar-refractivity contribution >= 4 is 5.96 Å². The molecule has 1 aliphatic rings. The highest BCUT2D eigenvalue weighted by Crippen LogP contribution is 2.27. The molecule has 4 N–H and O–H groups in total. The Balaban J connectivity index is 2.25.